The first-order valence-electron chi connectivity index (χ1n) is 5.73. The van der Waals surface area contributed by atoms with Crippen LogP contribution in [0, 0.1) is 0 Å². The van der Waals surface area contributed by atoms with Gasteiger partial charge in [-0.25, -0.2) is 8.42 Å². The molecule has 1 atom stereocenters. The average molecular weight is 264 g/mol. The number of hydrogen-bond donors (Lipinski definition) is 2. The molecule has 0 radical (unpaired) electrons. The number of hydrogen-bond acceptors (Lipinski definition) is 5. The largest absolute Gasteiger partial charge is 0.383 e. The van der Waals surface area contributed by atoms with Gasteiger partial charge in [0.2, 0.25) is 5.91 Å². The molecule has 0 aromatic heterocycles. The average Bonchev–Trinajstić information content (AvgIpc) is 2.25. The van der Waals surface area contributed by atoms with Crippen LogP contribution in [0.1, 0.15) is 12.8 Å². The van der Waals surface area contributed by atoms with E-state index < -0.39 is 9.84 Å². The Balaban J connectivity index is 2.19. The second-order valence-corrected chi connectivity index (χ2v) is 6.41. The van der Waals surface area contributed by atoms with Crippen molar-refractivity contribution in [1.29, 1.82) is 0 Å². The van der Waals surface area contributed by atoms with Gasteiger partial charge >= 0.3 is 0 Å². The Bertz CT molecular complexity index is 342. The van der Waals surface area contributed by atoms with E-state index in [4.69, 9.17) is 4.74 Å². The zero-order valence-corrected chi connectivity index (χ0v) is 10.9. The molecule has 0 bridgehead atoms. The van der Waals surface area contributed by atoms with E-state index in [1.54, 1.807) is 7.11 Å². The van der Waals surface area contributed by atoms with E-state index >= 15 is 0 Å². The van der Waals surface area contributed by atoms with Crippen LogP contribution in [0.2, 0.25) is 0 Å². The topological polar surface area (TPSA) is 84.5 Å². The predicted octanol–water partition coefficient (Wildman–Crippen LogP) is -1.08. The van der Waals surface area contributed by atoms with Gasteiger partial charge in [0.15, 0.2) is 9.84 Å². The number of nitrogens with one attached hydrogen (secondary N) is 2. The highest BCUT2D eigenvalue weighted by molar-refractivity contribution is 7.91. The molecule has 2 N–H and O–H groups in total. The van der Waals surface area contributed by atoms with Crippen molar-refractivity contribution >= 4 is 15.7 Å². The van der Waals surface area contributed by atoms with Gasteiger partial charge in [-0.3, -0.25) is 4.79 Å². The molecule has 0 aromatic carbocycles. The summed E-state index contributed by atoms with van der Waals surface area (Å²) >= 11 is 0. The minimum absolute atomic E-state index is 0.0954. The third-order valence-electron chi connectivity index (χ3n) is 2.64. The summed E-state index contributed by atoms with van der Waals surface area (Å²) in [6, 6.07) is -0.0954. The summed E-state index contributed by atoms with van der Waals surface area (Å²) in [6.07, 6.45) is 1.48. The fourth-order valence-corrected chi connectivity index (χ4v) is 3.45. The molecule has 1 unspecified atom stereocenters. The molecule has 100 valence electrons. The molecule has 17 heavy (non-hydrogen) atoms. The number of rotatable bonds is 6. The summed E-state index contributed by atoms with van der Waals surface area (Å²) in [6.45, 7) is 1.10. The van der Waals surface area contributed by atoms with Crippen LogP contribution in [0.3, 0.4) is 0 Å². The number of sulfone groups is 1. The Morgan fingerprint density at radius 1 is 1.47 bits per heavy atom. The SMILES string of the molecule is COCCNC(=O)CNC1CCCS(=O)(=O)C1. The zero-order valence-electron chi connectivity index (χ0n) is 10.1. The summed E-state index contributed by atoms with van der Waals surface area (Å²) in [7, 11) is -1.35. The van der Waals surface area contributed by atoms with Crippen molar-refractivity contribution in [2.45, 2.75) is 18.9 Å². The highest BCUT2D eigenvalue weighted by Gasteiger charge is 2.24. The first kappa shape index (κ1) is 14.4. The molecule has 0 spiro atoms. The predicted molar refractivity (Wildman–Crippen MR) is 64.6 cm³/mol. The van der Waals surface area contributed by atoms with E-state index in [9.17, 15) is 13.2 Å². The highest BCUT2D eigenvalue weighted by atomic mass is 32.2. The molecular weight excluding hydrogens is 244 g/mol. The van der Waals surface area contributed by atoms with Gasteiger partial charge in [-0.2, -0.15) is 0 Å². The Hall–Kier alpha value is -0.660. The lowest BCUT2D eigenvalue weighted by molar-refractivity contribution is -0.120. The minimum Gasteiger partial charge on any atom is -0.383 e. The summed E-state index contributed by atoms with van der Waals surface area (Å²) in [5.74, 6) is 0.272. The van der Waals surface area contributed by atoms with Crippen LogP contribution in [-0.2, 0) is 19.4 Å². The van der Waals surface area contributed by atoms with Crippen molar-refractivity contribution in [3.63, 3.8) is 0 Å². The van der Waals surface area contributed by atoms with E-state index in [0.29, 0.717) is 19.6 Å². The van der Waals surface area contributed by atoms with Gasteiger partial charge in [-0.15, -0.1) is 0 Å². The quantitative estimate of drug-likeness (QED) is 0.596. The van der Waals surface area contributed by atoms with Gasteiger partial charge in [0.1, 0.15) is 0 Å². The van der Waals surface area contributed by atoms with Gasteiger partial charge < -0.3 is 15.4 Å². The number of methoxy groups -OCH3 is 1. The maximum absolute atomic E-state index is 11.4. The van der Waals surface area contributed by atoms with Crippen molar-refractivity contribution in [3.05, 3.63) is 0 Å². The Morgan fingerprint density at radius 2 is 2.24 bits per heavy atom. The fourth-order valence-electron chi connectivity index (χ4n) is 1.78. The maximum Gasteiger partial charge on any atom is 0.234 e. The van der Waals surface area contributed by atoms with Crippen molar-refractivity contribution in [2.24, 2.45) is 0 Å². The first-order chi connectivity index (χ1) is 8.03. The lowest BCUT2D eigenvalue weighted by atomic mass is 10.2. The molecule has 1 aliphatic rings. The highest BCUT2D eigenvalue weighted by Crippen LogP contribution is 2.11. The van der Waals surface area contributed by atoms with Crippen LogP contribution >= 0.6 is 0 Å². The number of carbonyl (C=O) groups excluding carboxylic acids is 1. The van der Waals surface area contributed by atoms with Gasteiger partial charge in [-0.05, 0) is 12.8 Å². The van der Waals surface area contributed by atoms with Gasteiger partial charge in [0.05, 0.1) is 24.7 Å². The normalized spacial score (nSPS) is 23.2. The first-order valence-corrected chi connectivity index (χ1v) is 7.55. The van der Waals surface area contributed by atoms with Crippen molar-refractivity contribution in [3.8, 4) is 0 Å². The number of amides is 1. The van der Waals surface area contributed by atoms with E-state index in [1.807, 2.05) is 0 Å². The Morgan fingerprint density at radius 3 is 2.88 bits per heavy atom. The summed E-state index contributed by atoms with van der Waals surface area (Å²) in [5.41, 5.74) is 0. The molecule has 6 nitrogen and oxygen atoms in total. The molecule has 0 saturated carbocycles. The van der Waals surface area contributed by atoms with Crippen LogP contribution in [0.25, 0.3) is 0 Å². The zero-order chi connectivity index (χ0) is 12.7. The lowest BCUT2D eigenvalue weighted by Crippen LogP contribution is -2.45. The maximum atomic E-state index is 11.4. The molecule has 1 rings (SSSR count). The molecule has 0 aromatic rings. The molecule has 1 saturated heterocycles. The van der Waals surface area contributed by atoms with Crippen LogP contribution in [0.5, 0.6) is 0 Å². The summed E-state index contributed by atoms with van der Waals surface area (Å²) in [5, 5.41) is 5.64. The van der Waals surface area contributed by atoms with Gasteiger partial charge in [0.25, 0.3) is 0 Å². The van der Waals surface area contributed by atoms with Gasteiger partial charge in [0, 0.05) is 19.7 Å². The number of ether oxygens (including phenoxy) is 1. The fraction of sp³-hybridized carbons (Fsp3) is 0.900. The van der Waals surface area contributed by atoms with Gasteiger partial charge in [-0.1, -0.05) is 0 Å². The van der Waals surface area contributed by atoms with E-state index in [1.165, 1.54) is 0 Å². The molecule has 0 aliphatic carbocycles. The Kier molecular flexibility index (Phi) is 5.87. The monoisotopic (exact) mass is 264 g/mol. The molecule has 7 heteroatoms. The van der Waals surface area contributed by atoms with Crippen LogP contribution in [0.15, 0.2) is 0 Å². The second-order valence-electron chi connectivity index (χ2n) is 4.18. The third-order valence-corrected chi connectivity index (χ3v) is 4.46. The van der Waals surface area contributed by atoms with Crippen molar-refractivity contribution < 1.29 is 17.9 Å². The van der Waals surface area contributed by atoms with Crippen LogP contribution in [0.4, 0.5) is 0 Å². The minimum atomic E-state index is -2.91. The number of carbonyl (C=O) groups is 1. The van der Waals surface area contributed by atoms with E-state index in [2.05, 4.69) is 10.6 Å². The molecule has 1 fully saturated rings. The summed E-state index contributed by atoms with van der Waals surface area (Å²) in [4.78, 5) is 11.3. The lowest BCUT2D eigenvalue weighted by Gasteiger charge is -2.22. The van der Waals surface area contributed by atoms with Crippen LogP contribution in [-0.4, -0.2) is 58.7 Å². The Labute approximate surface area is 102 Å². The smallest absolute Gasteiger partial charge is 0.234 e. The van der Waals surface area contributed by atoms with E-state index in [0.717, 1.165) is 6.42 Å². The van der Waals surface area contributed by atoms with Crippen molar-refractivity contribution in [1.82, 2.24) is 10.6 Å². The molecule has 1 aliphatic heterocycles. The van der Waals surface area contributed by atoms with E-state index in [-0.39, 0.29) is 30.0 Å². The van der Waals surface area contributed by atoms with Crippen molar-refractivity contribution in [2.75, 3.05) is 38.3 Å². The van der Waals surface area contributed by atoms with Crippen LogP contribution < -0.4 is 10.6 Å². The molecular formula is C10H20N2O4S. The summed E-state index contributed by atoms with van der Waals surface area (Å²) < 4.78 is 27.5. The second kappa shape index (κ2) is 6.93. The third kappa shape index (κ3) is 5.99. The standard InChI is InChI=1S/C10H20N2O4S/c1-16-5-4-11-10(13)7-12-9-3-2-6-17(14,15)8-9/h9,12H,2-8H2,1H3,(H,11,13). The molecule has 1 heterocycles. The molecule has 1 amide bonds.